The Balaban J connectivity index is 3.08. The topological polar surface area (TPSA) is 40.5 Å². The molecule has 0 saturated heterocycles. The number of aryl methyl sites for hydroxylation is 1. The fourth-order valence-corrected chi connectivity index (χ4v) is 1.29. The molecule has 0 aromatic heterocycles. The lowest BCUT2D eigenvalue weighted by atomic mass is 10.1. The number of hydrogen-bond donors (Lipinski definition) is 2. The van der Waals surface area contributed by atoms with E-state index in [1.807, 2.05) is 6.92 Å². The van der Waals surface area contributed by atoms with Crippen molar-refractivity contribution in [2.45, 2.75) is 19.8 Å². The summed E-state index contributed by atoms with van der Waals surface area (Å²) in [5, 5.41) is 19.3. The predicted molar refractivity (Wildman–Crippen MR) is 49.2 cm³/mol. The van der Waals surface area contributed by atoms with E-state index in [-0.39, 0.29) is 11.5 Å². The monoisotopic (exact) mass is 179 g/mol. The van der Waals surface area contributed by atoms with Gasteiger partial charge in [-0.3, -0.25) is 0 Å². The largest absolute Gasteiger partial charge is 0.504 e. The van der Waals surface area contributed by atoms with E-state index in [0.717, 1.165) is 18.4 Å². The molecule has 2 nitrogen and oxygen atoms in total. The summed E-state index contributed by atoms with van der Waals surface area (Å²) in [6.45, 7) is 2.03. The summed E-state index contributed by atoms with van der Waals surface area (Å²) in [7, 11) is 3.17. The van der Waals surface area contributed by atoms with Crippen LogP contribution in [0.1, 0.15) is 18.9 Å². The van der Waals surface area contributed by atoms with Gasteiger partial charge in [0.25, 0.3) is 0 Å². The summed E-state index contributed by atoms with van der Waals surface area (Å²) in [4.78, 5) is 0. The van der Waals surface area contributed by atoms with Crippen LogP contribution in [0.3, 0.4) is 0 Å². The maximum absolute atomic E-state index is 9.43. The minimum atomic E-state index is -0.0717. The van der Waals surface area contributed by atoms with Crippen LogP contribution in [0.2, 0.25) is 0 Å². The van der Waals surface area contributed by atoms with Crippen molar-refractivity contribution in [3.63, 3.8) is 0 Å². The normalized spacial score (nSPS) is 10.2. The second-order valence-corrected chi connectivity index (χ2v) is 3.26. The molecule has 2 N–H and O–H groups in total. The van der Waals surface area contributed by atoms with E-state index < -0.39 is 0 Å². The molecule has 0 aliphatic carbocycles. The molecule has 0 heterocycles. The highest BCUT2D eigenvalue weighted by Gasteiger charge is 2.07. The predicted octanol–water partition coefficient (Wildman–Crippen LogP) is 0.844. The first-order valence-electron chi connectivity index (χ1n) is 3.92. The van der Waals surface area contributed by atoms with Gasteiger partial charge in [0, 0.05) is 0 Å². The van der Waals surface area contributed by atoms with E-state index in [1.165, 1.54) is 0 Å². The van der Waals surface area contributed by atoms with Crippen LogP contribution >= 0.6 is 0 Å². The Morgan fingerprint density at radius 3 is 2.50 bits per heavy atom. The Kier molecular flexibility index (Phi) is 2.76. The molecular formula is C9H11O2Si. The van der Waals surface area contributed by atoms with Gasteiger partial charge in [-0.15, -0.1) is 0 Å². The fourth-order valence-electron chi connectivity index (χ4n) is 1.09. The van der Waals surface area contributed by atoms with E-state index in [1.54, 1.807) is 12.1 Å². The fraction of sp³-hybridized carbons (Fsp3) is 0.333. The molecule has 0 unspecified atom stereocenters. The van der Waals surface area contributed by atoms with Gasteiger partial charge in [-0.2, -0.15) is 0 Å². The molecule has 0 aliphatic heterocycles. The first-order chi connectivity index (χ1) is 5.66. The summed E-state index contributed by atoms with van der Waals surface area (Å²) < 4.78 is 0. The van der Waals surface area contributed by atoms with Crippen LogP contribution in [0.4, 0.5) is 0 Å². The molecule has 0 spiro atoms. The van der Waals surface area contributed by atoms with Gasteiger partial charge in [0.05, 0.1) is 10.2 Å². The van der Waals surface area contributed by atoms with Crippen LogP contribution in [-0.4, -0.2) is 20.5 Å². The zero-order valence-electron chi connectivity index (χ0n) is 6.96. The van der Waals surface area contributed by atoms with Crippen molar-refractivity contribution in [3.8, 4) is 11.5 Å². The van der Waals surface area contributed by atoms with Gasteiger partial charge in [0.1, 0.15) is 0 Å². The number of aromatic hydroxyl groups is 2. The molecule has 0 amide bonds. The lowest BCUT2D eigenvalue weighted by Gasteiger charge is -2.06. The molecule has 63 valence electrons. The average Bonchev–Trinajstić information content (AvgIpc) is 2.07. The SMILES string of the molecule is CCCc1ccc([Si])c(O)c1O. The average molecular weight is 179 g/mol. The van der Waals surface area contributed by atoms with Gasteiger partial charge in [-0.25, -0.2) is 0 Å². The molecule has 0 fully saturated rings. The van der Waals surface area contributed by atoms with Gasteiger partial charge in [-0.05, 0) is 17.2 Å². The third-order valence-corrected chi connectivity index (χ3v) is 2.16. The number of benzene rings is 1. The van der Waals surface area contributed by atoms with Gasteiger partial charge in [-0.1, -0.05) is 25.5 Å². The van der Waals surface area contributed by atoms with Gasteiger partial charge in [0.15, 0.2) is 11.5 Å². The zero-order valence-corrected chi connectivity index (χ0v) is 7.96. The molecule has 0 atom stereocenters. The van der Waals surface area contributed by atoms with Crippen molar-refractivity contribution in [1.82, 2.24) is 0 Å². The standard InChI is InChI=1S/C9H11O2Si/c1-2-3-6-4-5-7(12)9(11)8(6)10/h4-5,10-11H,2-3H2,1H3. The number of phenols is 2. The van der Waals surface area contributed by atoms with Gasteiger partial charge in [0.2, 0.25) is 0 Å². The van der Waals surface area contributed by atoms with Crippen LogP contribution in [-0.2, 0) is 6.42 Å². The van der Waals surface area contributed by atoms with E-state index in [0.29, 0.717) is 5.19 Å². The molecule has 12 heavy (non-hydrogen) atoms. The third-order valence-electron chi connectivity index (χ3n) is 1.75. The highest BCUT2D eigenvalue weighted by atomic mass is 28.1. The molecule has 3 radical (unpaired) electrons. The number of phenolic OH excluding ortho intramolecular Hbond substituents is 2. The van der Waals surface area contributed by atoms with E-state index in [9.17, 15) is 10.2 Å². The Bertz CT molecular complexity index is 284. The van der Waals surface area contributed by atoms with Crippen molar-refractivity contribution >= 4 is 15.4 Å². The second-order valence-electron chi connectivity index (χ2n) is 2.72. The molecular weight excluding hydrogens is 168 g/mol. The van der Waals surface area contributed by atoms with Crippen LogP contribution in [0.15, 0.2) is 12.1 Å². The lowest BCUT2D eigenvalue weighted by molar-refractivity contribution is 0.402. The first-order valence-corrected chi connectivity index (χ1v) is 4.42. The highest BCUT2D eigenvalue weighted by molar-refractivity contribution is 6.34. The van der Waals surface area contributed by atoms with Gasteiger partial charge >= 0.3 is 0 Å². The minimum absolute atomic E-state index is 0.00986. The Hall–Kier alpha value is -0.963. The molecule has 0 aliphatic rings. The number of hydrogen-bond acceptors (Lipinski definition) is 2. The first kappa shape index (κ1) is 9.13. The summed E-state index contributed by atoms with van der Waals surface area (Å²) in [6.07, 6.45) is 1.74. The van der Waals surface area contributed by atoms with Gasteiger partial charge < -0.3 is 10.2 Å². The quantitative estimate of drug-likeness (QED) is 0.522. The molecule has 1 rings (SSSR count). The van der Waals surface area contributed by atoms with E-state index in [2.05, 4.69) is 10.2 Å². The van der Waals surface area contributed by atoms with Crippen molar-refractivity contribution in [3.05, 3.63) is 17.7 Å². The van der Waals surface area contributed by atoms with Crippen molar-refractivity contribution < 1.29 is 10.2 Å². The Morgan fingerprint density at radius 2 is 1.92 bits per heavy atom. The molecule has 0 bridgehead atoms. The van der Waals surface area contributed by atoms with Crippen LogP contribution < -0.4 is 5.19 Å². The second kappa shape index (κ2) is 3.63. The summed E-state index contributed by atoms with van der Waals surface area (Å²) >= 11 is 0. The lowest BCUT2D eigenvalue weighted by Crippen LogP contribution is -2.03. The smallest absolute Gasteiger partial charge is 0.160 e. The van der Waals surface area contributed by atoms with E-state index >= 15 is 0 Å². The van der Waals surface area contributed by atoms with Crippen molar-refractivity contribution in [1.29, 1.82) is 0 Å². The van der Waals surface area contributed by atoms with Crippen LogP contribution in [0, 0.1) is 0 Å². The van der Waals surface area contributed by atoms with Crippen molar-refractivity contribution in [2.75, 3.05) is 0 Å². The molecule has 1 aromatic rings. The zero-order chi connectivity index (χ0) is 9.14. The molecule has 0 saturated carbocycles. The minimum Gasteiger partial charge on any atom is -0.504 e. The van der Waals surface area contributed by atoms with Crippen LogP contribution in [0.25, 0.3) is 0 Å². The molecule has 3 heteroatoms. The summed E-state index contributed by atoms with van der Waals surface area (Å²) in [6, 6.07) is 3.54. The number of rotatable bonds is 2. The summed E-state index contributed by atoms with van der Waals surface area (Å²) in [5.41, 5.74) is 0.789. The third kappa shape index (κ3) is 1.61. The highest BCUT2D eigenvalue weighted by Crippen LogP contribution is 2.26. The Labute approximate surface area is 75.3 Å². The summed E-state index contributed by atoms with van der Waals surface area (Å²) in [5.74, 6) is -0.0815. The van der Waals surface area contributed by atoms with Crippen molar-refractivity contribution in [2.24, 2.45) is 0 Å². The maximum atomic E-state index is 9.43. The van der Waals surface area contributed by atoms with E-state index in [4.69, 9.17) is 0 Å². The maximum Gasteiger partial charge on any atom is 0.160 e. The Morgan fingerprint density at radius 1 is 1.25 bits per heavy atom. The molecule has 1 aromatic carbocycles. The van der Waals surface area contributed by atoms with Crippen LogP contribution in [0.5, 0.6) is 11.5 Å².